The molecule has 0 spiro atoms. The molecule has 6 nitrogen and oxygen atoms in total. The fraction of sp³-hybridized carbons (Fsp3) is 0.263. The summed E-state index contributed by atoms with van der Waals surface area (Å²) in [5.74, 6) is -0.851. The average Bonchev–Trinajstić information content (AvgIpc) is 3.24. The Kier molecular flexibility index (Phi) is 4.48. The van der Waals surface area contributed by atoms with Crippen molar-refractivity contribution in [2.45, 2.75) is 6.54 Å². The van der Waals surface area contributed by atoms with Gasteiger partial charge in [-0.2, -0.15) is 0 Å². The zero-order valence-corrected chi connectivity index (χ0v) is 14.9. The van der Waals surface area contributed by atoms with Crippen molar-refractivity contribution in [2.24, 2.45) is 0 Å². The Morgan fingerprint density at radius 3 is 2.46 bits per heavy atom. The van der Waals surface area contributed by atoms with Crippen molar-refractivity contribution in [1.29, 1.82) is 0 Å². The van der Waals surface area contributed by atoms with Crippen LogP contribution in [0.15, 0.2) is 47.1 Å². The average molecular weight is 370 g/mol. The van der Waals surface area contributed by atoms with E-state index in [2.05, 4.69) is 4.90 Å². The first kappa shape index (κ1) is 16.8. The fourth-order valence-electron chi connectivity index (χ4n) is 3.15. The molecule has 1 saturated heterocycles. The van der Waals surface area contributed by atoms with Gasteiger partial charge in [0.15, 0.2) is 0 Å². The van der Waals surface area contributed by atoms with Crippen molar-refractivity contribution in [2.75, 3.05) is 26.2 Å². The maximum atomic E-state index is 12.7. The van der Waals surface area contributed by atoms with Crippen LogP contribution in [0.1, 0.15) is 25.6 Å². The monoisotopic (exact) mass is 370 g/mol. The maximum Gasteiger partial charge on any atom is 0.335 e. The molecular formula is C19H18N2O4S. The van der Waals surface area contributed by atoms with Gasteiger partial charge in [-0.25, -0.2) is 4.79 Å². The van der Waals surface area contributed by atoms with Gasteiger partial charge < -0.3 is 14.4 Å². The van der Waals surface area contributed by atoms with E-state index in [9.17, 15) is 9.59 Å². The van der Waals surface area contributed by atoms with Crippen LogP contribution in [-0.4, -0.2) is 53.0 Å². The number of nitrogens with zero attached hydrogens (tertiary/aromatic N) is 2. The highest BCUT2D eigenvalue weighted by molar-refractivity contribution is 7.20. The lowest BCUT2D eigenvalue weighted by Gasteiger charge is -2.34. The summed E-state index contributed by atoms with van der Waals surface area (Å²) in [6.07, 6.45) is 1.64. The fourth-order valence-corrected chi connectivity index (χ4v) is 4.10. The number of benzene rings is 1. The molecule has 1 amide bonds. The molecule has 1 N–H and O–H groups in total. The molecule has 7 heteroatoms. The lowest BCUT2D eigenvalue weighted by atomic mass is 10.1. The van der Waals surface area contributed by atoms with Gasteiger partial charge in [-0.05, 0) is 23.8 Å². The second kappa shape index (κ2) is 6.93. The number of fused-ring (bicyclic) bond motifs is 1. The molecule has 3 aromatic rings. The molecule has 1 aliphatic rings. The summed E-state index contributed by atoms with van der Waals surface area (Å²) in [4.78, 5) is 28.4. The summed E-state index contributed by atoms with van der Waals surface area (Å²) in [6, 6.07) is 10.7. The van der Waals surface area contributed by atoms with Crippen molar-refractivity contribution >= 4 is 33.5 Å². The number of amides is 1. The van der Waals surface area contributed by atoms with Gasteiger partial charge in [0.1, 0.15) is 5.58 Å². The predicted molar refractivity (Wildman–Crippen MR) is 98.7 cm³/mol. The van der Waals surface area contributed by atoms with Crippen LogP contribution in [0.3, 0.4) is 0 Å². The van der Waals surface area contributed by atoms with Crippen molar-refractivity contribution in [3.8, 4) is 0 Å². The Labute approximate surface area is 154 Å². The highest BCUT2D eigenvalue weighted by Gasteiger charge is 2.24. The molecule has 0 radical (unpaired) electrons. The Bertz CT molecular complexity index is 908. The minimum atomic E-state index is -0.913. The first-order valence-electron chi connectivity index (χ1n) is 8.41. The molecule has 1 aromatic carbocycles. The van der Waals surface area contributed by atoms with Gasteiger partial charge in [-0.15, -0.1) is 11.3 Å². The Morgan fingerprint density at radius 1 is 1.08 bits per heavy atom. The number of piperazine rings is 1. The van der Waals surface area contributed by atoms with Crippen LogP contribution in [0.5, 0.6) is 0 Å². The molecule has 0 atom stereocenters. The largest absolute Gasteiger partial charge is 0.478 e. The third kappa shape index (κ3) is 3.36. The van der Waals surface area contributed by atoms with Crippen molar-refractivity contribution in [3.05, 3.63) is 58.7 Å². The van der Waals surface area contributed by atoms with Crippen LogP contribution in [0.2, 0.25) is 0 Å². The number of aromatic carboxylic acids is 1. The summed E-state index contributed by atoms with van der Waals surface area (Å²) < 4.78 is 6.33. The second-order valence-electron chi connectivity index (χ2n) is 6.33. The van der Waals surface area contributed by atoms with Gasteiger partial charge in [0.05, 0.1) is 21.4 Å². The zero-order chi connectivity index (χ0) is 18.1. The van der Waals surface area contributed by atoms with Gasteiger partial charge in [0.2, 0.25) is 0 Å². The highest BCUT2D eigenvalue weighted by atomic mass is 32.1. The van der Waals surface area contributed by atoms with E-state index < -0.39 is 5.97 Å². The number of hydrogen-bond donors (Lipinski definition) is 1. The topological polar surface area (TPSA) is 74.0 Å². The molecule has 0 unspecified atom stereocenters. The number of furan rings is 1. The number of carboxylic acids is 1. The van der Waals surface area contributed by atoms with Gasteiger partial charge in [0.25, 0.3) is 5.91 Å². The molecule has 3 heterocycles. The van der Waals surface area contributed by atoms with Crippen LogP contribution in [-0.2, 0) is 6.54 Å². The SMILES string of the molecule is O=C(O)c1ccc(CN2CCN(C(=O)c3cc4occc4s3)CC2)cc1. The van der Waals surface area contributed by atoms with Crippen molar-refractivity contribution < 1.29 is 19.1 Å². The van der Waals surface area contributed by atoms with Crippen LogP contribution >= 0.6 is 11.3 Å². The van der Waals surface area contributed by atoms with E-state index in [0.29, 0.717) is 18.7 Å². The Morgan fingerprint density at radius 2 is 1.81 bits per heavy atom. The van der Waals surface area contributed by atoms with E-state index in [0.717, 1.165) is 40.4 Å². The maximum absolute atomic E-state index is 12.7. The van der Waals surface area contributed by atoms with E-state index in [1.54, 1.807) is 18.4 Å². The summed E-state index contributed by atoms with van der Waals surface area (Å²) >= 11 is 1.47. The first-order chi connectivity index (χ1) is 12.6. The molecule has 1 aliphatic heterocycles. The predicted octanol–water partition coefficient (Wildman–Crippen LogP) is 3.15. The highest BCUT2D eigenvalue weighted by Crippen LogP contribution is 2.27. The minimum absolute atomic E-state index is 0.0619. The molecule has 0 saturated carbocycles. The summed E-state index contributed by atoms with van der Waals surface area (Å²) in [6.45, 7) is 3.73. The number of carbonyl (C=O) groups is 2. The van der Waals surface area contributed by atoms with Gasteiger partial charge >= 0.3 is 5.97 Å². The van der Waals surface area contributed by atoms with Gasteiger partial charge in [-0.1, -0.05) is 12.1 Å². The molecule has 26 heavy (non-hydrogen) atoms. The van der Waals surface area contributed by atoms with Gasteiger partial charge in [0, 0.05) is 38.8 Å². The van der Waals surface area contributed by atoms with Crippen LogP contribution in [0.25, 0.3) is 10.3 Å². The van der Waals surface area contributed by atoms with E-state index in [1.807, 2.05) is 29.2 Å². The molecule has 0 bridgehead atoms. The number of rotatable bonds is 4. The smallest absolute Gasteiger partial charge is 0.335 e. The van der Waals surface area contributed by atoms with Crippen molar-refractivity contribution in [3.63, 3.8) is 0 Å². The molecular weight excluding hydrogens is 352 g/mol. The quantitative estimate of drug-likeness (QED) is 0.764. The summed E-state index contributed by atoms with van der Waals surface area (Å²) in [7, 11) is 0. The lowest BCUT2D eigenvalue weighted by Crippen LogP contribution is -2.48. The minimum Gasteiger partial charge on any atom is -0.478 e. The molecule has 1 fully saturated rings. The lowest BCUT2D eigenvalue weighted by molar-refractivity contribution is 0.0632. The number of carbonyl (C=O) groups excluding carboxylic acids is 1. The second-order valence-corrected chi connectivity index (χ2v) is 7.41. The van der Waals surface area contributed by atoms with Crippen LogP contribution < -0.4 is 0 Å². The van der Waals surface area contributed by atoms with E-state index in [-0.39, 0.29) is 5.91 Å². The standard InChI is InChI=1S/C19H18N2O4S/c22-18(17-11-15-16(26-17)5-10-25-15)21-8-6-20(7-9-21)12-13-1-3-14(4-2-13)19(23)24/h1-5,10-11H,6-9,12H2,(H,23,24). The third-order valence-electron chi connectivity index (χ3n) is 4.62. The van der Waals surface area contributed by atoms with E-state index in [1.165, 1.54) is 11.3 Å². The molecule has 2 aromatic heterocycles. The molecule has 134 valence electrons. The number of thiophene rings is 1. The Balaban J connectivity index is 1.34. The van der Waals surface area contributed by atoms with Crippen LogP contribution in [0, 0.1) is 0 Å². The van der Waals surface area contributed by atoms with Gasteiger partial charge in [-0.3, -0.25) is 9.69 Å². The summed E-state index contributed by atoms with van der Waals surface area (Å²) in [5.41, 5.74) is 2.14. The number of hydrogen-bond acceptors (Lipinski definition) is 5. The first-order valence-corrected chi connectivity index (χ1v) is 9.23. The number of carboxylic acid groups (broad SMARTS) is 1. The van der Waals surface area contributed by atoms with Crippen LogP contribution in [0.4, 0.5) is 0 Å². The normalized spacial score (nSPS) is 15.5. The van der Waals surface area contributed by atoms with Crippen molar-refractivity contribution in [1.82, 2.24) is 9.80 Å². The third-order valence-corrected chi connectivity index (χ3v) is 5.69. The Hall–Kier alpha value is -2.64. The molecule has 4 rings (SSSR count). The summed E-state index contributed by atoms with van der Waals surface area (Å²) in [5, 5.41) is 8.95. The van der Waals surface area contributed by atoms with E-state index in [4.69, 9.17) is 9.52 Å². The van der Waals surface area contributed by atoms with E-state index >= 15 is 0 Å². The molecule has 0 aliphatic carbocycles. The zero-order valence-electron chi connectivity index (χ0n) is 14.1.